The van der Waals surface area contributed by atoms with E-state index in [1.165, 1.54) is 36.3 Å². The zero-order valence-corrected chi connectivity index (χ0v) is 14.5. The van der Waals surface area contributed by atoms with Crippen LogP contribution in [0.3, 0.4) is 0 Å². The second kappa shape index (κ2) is 10.6. The van der Waals surface area contributed by atoms with Crippen molar-refractivity contribution < 1.29 is 0 Å². The maximum Gasteiger partial charge on any atom is 0.0256 e. The summed E-state index contributed by atoms with van der Waals surface area (Å²) in [6.45, 7) is 2.25. The van der Waals surface area contributed by atoms with Crippen molar-refractivity contribution >= 4 is 11.8 Å². The number of thioether (sulfide) groups is 1. The van der Waals surface area contributed by atoms with E-state index in [0.717, 1.165) is 11.1 Å². The molecule has 0 bridgehead atoms. The summed E-state index contributed by atoms with van der Waals surface area (Å²) in [4.78, 5) is 1.32. The molecule has 0 saturated carbocycles. The van der Waals surface area contributed by atoms with Crippen molar-refractivity contribution in [2.75, 3.05) is 5.75 Å². The fourth-order valence-electron chi connectivity index (χ4n) is 2.08. The molecule has 0 N–H and O–H groups in total. The molecular formula is C22H22S. The topological polar surface area (TPSA) is 0 Å². The lowest BCUT2D eigenvalue weighted by Crippen LogP contribution is -1.81. The van der Waals surface area contributed by atoms with Crippen molar-refractivity contribution in [2.45, 2.75) is 37.5 Å². The minimum Gasteiger partial charge on any atom is -0.126 e. The van der Waals surface area contributed by atoms with Crippen LogP contribution in [0.5, 0.6) is 0 Å². The highest BCUT2D eigenvalue weighted by Crippen LogP contribution is 2.20. The summed E-state index contributed by atoms with van der Waals surface area (Å²) in [6.07, 6.45) is 5.28. The maximum absolute atomic E-state index is 3.09. The van der Waals surface area contributed by atoms with Crippen LogP contribution in [-0.2, 0) is 0 Å². The molecule has 2 rings (SSSR count). The van der Waals surface area contributed by atoms with Crippen LogP contribution in [0.25, 0.3) is 0 Å². The van der Waals surface area contributed by atoms with Gasteiger partial charge in [-0.05, 0) is 60.4 Å². The number of unbranched alkanes of at least 4 members (excludes halogenated alkanes) is 3. The number of rotatable bonds is 6. The number of benzene rings is 2. The van der Waals surface area contributed by atoms with Crippen molar-refractivity contribution in [3.8, 4) is 23.7 Å². The summed E-state index contributed by atoms with van der Waals surface area (Å²) >= 11 is 1.93. The fourth-order valence-corrected chi connectivity index (χ4v) is 2.99. The second-order valence-electron chi connectivity index (χ2n) is 5.30. The van der Waals surface area contributed by atoms with E-state index in [1.807, 2.05) is 42.1 Å². The van der Waals surface area contributed by atoms with Gasteiger partial charge in [-0.2, -0.15) is 0 Å². The number of hydrogen-bond acceptors (Lipinski definition) is 1. The molecule has 0 heterocycles. The molecule has 2 aromatic carbocycles. The van der Waals surface area contributed by atoms with Gasteiger partial charge in [0.1, 0.15) is 0 Å². The van der Waals surface area contributed by atoms with E-state index in [2.05, 4.69) is 54.9 Å². The van der Waals surface area contributed by atoms with Crippen LogP contribution in [0.15, 0.2) is 59.5 Å². The quantitative estimate of drug-likeness (QED) is 0.370. The Morgan fingerprint density at radius 1 is 0.739 bits per heavy atom. The van der Waals surface area contributed by atoms with Crippen molar-refractivity contribution in [3.63, 3.8) is 0 Å². The second-order valence-corrected chi connectivity index (χ2v) is 6.47. The lowest BCUT2D eigenvalue weighted by atomic mass is 10.2. The van der Waals surface area contributed by atoms with E-state index in [-0.39, 0.29) is 0 Å². The summed E-state index contributed by atoms with van der Waals surface area (Å²) in [5, 5.41) is 0. The molecule has 0 radical (unpaired) electrons. The van der Waals surface area contributed by atoms with E-state index in [4.69, 9.17) is 0 Å². The van der Waals surface area contributed by atoms with E-state index < -0.39 is 0 Å². The smallest absolute Gasteiger partial charge is 0.0256 e. The molecule has 23 heavy (non-hydrogen) atoms. The molecule has 0 aliphatic heterocycles. The summed E-state index contributed by atoms with van der Waals surface area (Å²) in [6, 6.07) is 18.4. The molecule has 0 saturated heterocycles. The first kappa shape index (κ1) is 17.3. The molecule has 0 nitrogen and oxygen atoms in total. The zero-order valence-electron chi connectivity index (χ0n) is 13.6. The molecule has 0 unspecified atom stereocenters. The first-order valence-electron chi connectivity index (χ1n) is 8.18. The molecule has 0 atom stereocenters. The normalized spacial score (nSPS) is 9.43. The summed E-state index contributed by atoms with van der Waals surface area (Å²) < 4.78 is 0. The molecule has 2 aromatic rings. The van der Waals surface area contributed by atoms with Crippen LogP contribution in [0.1, 0.15) is 43.7 Å². The van der Waals surface area contributed by atoms with Gasteiger partial charge in [-0.15, -0.1) is 11.8 Å². The van der Waals surface area contributed by atoms with Gasteiger partial charge in [-0.3, -0.25) is 0 Å². The minimum absolute atomic E-state index is 0.997. The Balaban J connectivity index is 1.81. The van der Waals surface area contributed by atoms with Gasteiger partial charge in [-0.1, -0.05) is 56.2 Å². The van der Waals surface area contributed by atoms with Gasteiger partial charge in [0.05, 0.1) is 0 Å². The lowest BCUT2D eigenvalue weighted by Gasteiger charge is -2.01. The minimum atomic E-state index is 0.997. The van der Waals surface area contributed by atoms with Crippen molar-refractivity contribution in [1.29, 1.82) is 0 Å². The summed E-state index contributed by atoms with van der Waals surface area (Å²) in [7, 11) is 0. The monoisotopic (exact) mass is 318 g/mol. The van der Waals surface area contributed by atoms with E-state index >= 15 is 0 Å². The van der Waals surface area contributed by atoms with Crippen LogP contribution in [-0.4, -0.2) is 5.75 Å². The van der Waals surface area contributed by atoms with Gasteiger partial charge in [0.15, 0.2) is 0 Å². The Bertz CT molecular complexity index is 691. The Morgan fingerprint density at radius 2 is 1.39 bits per heavy atom. The lowest BCUT2D eigenvalue weighted by molar-refractivity contribution is 0.706. The molecule has 116 valence electrons. The van der Waals surface area contributed by atoms with Gasteiger partial charge in [0, 0.05) is 16.0 Å². The molecule has 0 aliphatic carbocycles. The van der Waals surface area contributed by atoms with Gasteiger partial charge < -0.3 is 0 Å². The van der Waals surface area contributed by atoms with Crippen molar-refractivity contribution in [1.82, 2.24) is 0 Å². The molecule has 0 amide bonds. The highest BCUT2D eigenvalue weighted by molar-refractivity contribution is 7.99. The SMILES string of the molecule is CCCCCCSc1ccc(C#CC#Cc2ccccc2)cc1. The third-order valence-electron chi connectivity index (χ3n) is 3.37. The Morgan fingerprint density at radius 3 is 2.04 bits per heavy atom. The average Bonchev–Trinajstić information content (AvgIpc) is 2.61. The van der Waals surface area contributed by atoms with E-state index in [0.29, 0.717) is 0 Å². The third kappa shape index (κ3) is 7.14. The first-order chi connectivity index (χ1) is 11.4. The first-order valence-corrected chi connectivity index (χ1v) is 9.17. The molecule has 0 spiro atoms. The molecule has 1 heteroatoms. The predicted octanol–water partition coefficient (Wildman–Crippen LogP) is 5.76. The van der Waals surface area contributed by atoms with Crippen LogP contribution in [0.4, 0.5) is 0 Å². The van der Waals surface area contributed by atoms with Gasteiger partial charge in [-0.25, -0.2) is 0 Å². The Labute approximate surface area is 144 Å². The van der Waals surface area contributed by atoms with E-state index in [9.17, 15) is 0 Å². The van der Waals surface area contributed by atoms with Gasteiger partial charge in [0.2, 0.25) is 0 Å². The van der Waals surface area contributed by atoms with Gasteiger partial charge in [0.25, 0.3) is 0 Å². The maximum atomic E-state index is 3.09. The van der Waals surface area contributed by atoms with Crippen LogP contribution in [0.2, 0.25) is 0 Å². The molecule has 0 aromatic heterocycles. The highest BCUT2D eigenvalue weighted by atomic mass is 32.2. The molecular weight excluding hydrogens is 296 g/mol. The van der Waals surface area contributed by atoms with Crippen LogP contribution in [0, 0.1) is 23.7 Å². The van der Waals surface area contributed by atoms with Crippen molar-refractivity contribution in [2.24, 2.45) is 0 Å². The number of hydrogen-bond donors (Lipinski definition) is 0. The zero-order chi connectivity index (χ0) is 16.2. The standard InChI is InChI=1S/C22H22S/c1-2-3-4-10-19-23-22-17-15-21(16-18-22)14-9-8-13-20-11-6-5-7-12-20/h5-7,11-12,15-18H,2-4,10,19H2,1H3. The largest absolute Gasteiger partial charge is 0.126 e. The van der Waals surface area contributed by atoms with E-state index in [1.54, 1.807) is 0 Å². The highest BCUT2D eigenvalue weighted by Gasteiger charge is 1.94. The van der Waals surface area contributed by atoms with Crippen molar-refractivity contribution in [3.05, 3.63) is 65.7 Å². The third-order valence-corrected chi connectivity index (χ3v) is 4.47. The average molecular weight is 318 g/mol. The summed E-state index contributed by atoms with van der Waals surface area (Å²) in [5.74, 6) is 13.2. The summed E-state index contributed by atoms with van der Waals surface area (Å²) in [5.41, 5.74) is 2.01. The fraction of sp³-hybridized carbons (Fsp3) is 0.273. The molecule has 0 fully saturated rings. The van der Waals surface area contributed by atoms with Crippen LogP contribution >= 0.6 is 11.8 Å². The van der Waals surface area contributed by atoms with Gasteiger partial charge >= 0.3 is 0 Å². The Kier molecular flexibility index (Phi) is 7.96. The molecule has 0 aliphatic rings. The predicted molar refractivity (Wildman–Crippen MR) is 102 cm³/mol. The Hall–Kier alpha value is -2.09. The van der Waals surface area contributed by atoms with Crippen LogP contribution < -0.4 is 0 Å².